The van der Waals surface area contributed by atoms with Crippen LogP contribution in [-0.4, -0.2) is 4.98 Å². The zero-order valence-electron chi connectivity index (χ0n) is 10.5. The molecular formula is C14H18N2O. The fraction of sp³-hybridized carbons (Fsp3) is 0.357. The monoisotopic (exact) mass is 230 g/mol. The lowest BCUT2D eigenvalue weighted by molar-refractivity contribution is 0.399. The molecule has 0 saturated heterocycles. The molecule has 3 nitrogen and oxygen atoms in total. The van der Waals surface area contributed by atoms with Crippen molar-refractivity contribution in [2.45, 2.75) is 32.7 Å². The van der Waals surface area contributed by atoms with E-state index in [2.05, 4.69) is 43.2 Å². The van der Waals surface area contributed by atoms with E-state index in [9.17, 15) is 0 Å². The predicted molar refractivity (Wildman–Crippen MR) is 69.0 cm³/mol. The van der Waals surface area contributed by atoms with Gasteiger partial charge in [0.15, 0.2) is 0 Å². The Morgan fingerprint density at radius 1 is 1.18 bits per heavy atom. The number of hydrogen-bond acceptors (Lipinski definition) is 3. The summed E-state index contributed by atoms with van der Waals surface area (Å²) < 4.78 is 5.65. The molecule has 0 aliphatic carbocycles. The molecule has 0 radical (unpaired) electrons. The molecule has 2 rings (SSSR count). The van der Waals surface area contributed by atoms with Gasteiger partial charge in [-0.1, -0.05) is 51.1 Å². The summed E-state index contributed by atoms with van der Waals surface area (Å²) in [6, 6.07) is 10.2. The predicted octanol–water partition coefficient (Wildman–Crippen LogP) is 3.58. The summed E-state index contributed by atoms with van der Waals surface area (Å²) in [5, 5.41) is 3.22. The van der Waals surface area contributed by atoms with Crippen molar-refractivity contribution in [1.29, 1.82) is 0 Å². The van der Waals surface area contributed by atoms with Crippen LogP contribution in [0.2, 0.25) is 0 Å². The number of anilines is 1. The first-order valence-corrected chi connectivity index (χ1v) is 5.80. The van der Waals surface area contributed by atoms with Crippen molar-refractivity contribution < 1.29 is 4.42 Å². The minimum Gasteiger partial charge on any atom is -0.425 e. The third-order valence-electron chi connectivity index (χ3n) is 2.46. The van der Waals surface area contributed by atoms with Crippen LogP contribution in [0.15, 0.2) is 40.9 Å². The van der Waals surface area contributed by atoms with Crippen molar-refractivity contribution >= 4 is 5.88 Å². The molecule has 0 bridgehead atoms. The summed E-state index contributed by atoms with van der Waals surface area (Å²) >= 11 is 0. The fourth-order valence-electron chi connectivity index (χ4n) is 1.49. The van der Waals surface area contributed by atoms with Gasteiger partial charge in [-0.25, -0.2) is 4.98 Å². The van der Waals surface area contributed by atoms with Crippen LogP contribution in [0.4, 0.5) is 5.88 Å². The first kappa shape index (κ1) is 11.7. The number of nitrogens with zero attached hydrogens (tertiary/aromatic N) is 1. The molecule has 0 fully saturated rings. The van der Waals surface area contributed by atoms with Crippen LogP contribution in [0.5, 0.6) is 0 Å². The quantitative estimate of drug-likeness (QED) is 0.875. The third-order valence-corrected chi connectivity index (χ3v) is 2.46. The van der Waals surface area contributed by atoms with E-state index in [4.69, 9.17) is 4.42 Å². The first-order valence-electron chi connectivity index (χ1n) is 5.80. The summed E-state index contributed by atoms with van der Waals surface area (Å²) in [5.74, 6) is 1.48. The molecule has 1 heterocycles. The summed E-state index contributed by atoms with van der Waals surface area (Å²) in [7, 11) is 0. The van der Waals surface area contributed by atoms with Gasteiger partial charge >= 0.3 is 0 Å². The van der Waals surface area contributed by atoms with Crippen LogP contribution >= 0.6 is 0 Å². The van der Waals surface area contributed by atoms with Crippen LogP contribution in [0.25, 0.3) is 0 Å². The molecule has 0 saturated carbocycles. The lowest BCUT2D eigenvalue weighted by Gasteiger charge is -2.12. The van der Waals surface area contributed by atoms with Gasteiger partial charge in [0.1, 0.15) is 0 Å². The molecule has 0 aliphatic heterocycles. The fourth-order valence-corrected chi connectivity index (χ4v) is 1.49. The number of nitrogens with one attached hydrogen (secondary N) is 1. The minimum atomic E-state index is -0.0489. The lowest BCUT2D eigenvalue weighted by Crippen LogP contribution is -2.11. The second kappa shape index (κ2) is 4.62. The first-order chi connectivity index (χ1) is 8.05. The van der Waals surface area contributed by atoms with Gasteiger partial charge in [0.2, 0.25) is 11.8 Å². The summed E-state index contributed by atoms with van der Waals surface area (Å²) in [6.45, 7) is 7.00. The summed E-state index contributed by atoms with van der Waals surface area (Å²) in [6.07, 6.45) is 1.74. The summed E-state index contributed by atoms with van der Waals surface area (Å²) in [5.41, 5.74) is 1.17. The summed E-state index contributed by atoms with van der Waals surface area (Å²) in [4.78, 5) is 4.27. The number of benzene rings is 1. The Morgan fingerprint density at radius 2 is 1.88 bits per heavy atom. The number of rotatable bonds is 3. The maximum absolute atomic E-state index is 5.65. The smallest absolute Gasteiger partial charge is 0.214 e. The van der Waals surface area contributed by atoms with Gasteiger partial charge in [-0.3, -0.25) is 0 Å². The zero-order valence-corrected chi connectivity index (χ0v) is 10.5. The van der Waals surface area contributed by atoms with Crippen LogP contribution in [0.3, 0.4) is 0 Å². The average molecular weight is 230 g/mol. The van der Waals surface area contributed by atoms with Gasteiger partial charge < -0.3 is 9.73 Å². The zero-order chi connectivity index (χ0) is 12.3. The molecular weight excluding hydrogens is 212 g/mol. The van der Waals surface area contributed by atoms with Gasteiger partial charge in [-0.05, 0) is 5.56 Å². The van der Waals surface area contributed by atoms with Crippen LogP contribution in [-0.2, 0) is 12.0 Å². The Bertz CT molecular complexity index is 468. The molecule has 1 aromatic heterocycles. The maximum atomic E-state index is 5.65. The SMILES string of the molecule is CC(C)(C)c1ncc(NCc2ccccc2)o1. The van der Waals surface area contributed by atoms with Crippen molar-refractivity contribution in [2.75, 3.05) is 5.32 Å². The maximum Gasteiger partial charge on any atom is 0.214 e. The Kier molecular flexibility index (Phi) is 3.18. The molecule has 0 unspecified atom stereocenters. The van der Waals surface area contributed by atoms with E-state index >= 15 is 0 Å². The molecule has 0 aliphatic rings. The topological polar surface area (TPSA) is 38.1 Å². The van der Waals surface area contributed by atoms with Crippen molar-refractivity contribution in [3.8, 4) is 0 Å². The van der Waals surface area contributed by atoms with E-state index < -0.39 is 0 Å². The Morgan fingerprint density at radius 3 is 2.47 bits per heavy atom. The number of hydrogen-bond donors (Lipinski definition) is 1. The van der Waals surface area contributed by atoms with E-state index in [-0.39, 0.29) is 5.41 Å². The van der Waals surface area contributed by atoms with Gasteiger partial charge in [0, 0.05) is 12.0 Å². The largest absolute Gasteiger partial charge is 0.425 e. The van der Waals surface area contributed by atoms with Gasteiger partial charge in [-0.2, -0.15) is 0 Å². The van der Waals surface area contributed by atoms with Crippen LogP contribution < -0.4 is 5.32 Å². The van der Waals surface area contributed by atoms with E-state index in [0.29, 0.717) is 0 Å². The van der Waals surface area contributed by atoms with Crippen molar-refractivity contribution in [3.63, 3.8) is 0 Å². The van der Waals surface area contributed by atoms with E-state index in [0.717, 1.165) is 18.3 Å². The third kappa shape index (κ3) is 3.09. The molecule has 17 heavy (non-hydrogen) atoms. The average Bonchev–Trinajstić information content (AvgIpc) is 2.76. The molecule has 1 aromatic carbocycles. The van der Waals surface area contributed by atoms with Crippen molar-refractivity contribution in [3.05, 3.63) is 48.0 Å². The highest BCUT2D eigenvalue weighted by molar-refractivity contribution is 5.30. The van der Waals surface area contributed by atoms with Crippen LogP contribution in [0, 0.1) is 0 Å². The van der Waals surface area contributed by atoms with E-state index in [1.807, 2.05) is 18.2 Å². The Balaban J connectivity index is 1.99. The van der Waals surface area contributed by atoms with E-state index in [1.54, 1.807) is 6.20 Å². The lowest BCUT2D eigenvalue weighted by atomic mass is 9.97. The second-order valence-corrected chi connectivity index (χ2v) is 5.12. The normalized spacial score (nSPS) is 11.5. The molecule has 0 amide bonds. The highest BCUT2D eigenvalue weighted by Gasteiger charge is 2.19. The van der Waals surface area contributed by atoms with Gasteiger partial charge in [0.05, 0.1) is 6.20 Å². The standard InChI is InChI=1S/C14H18N2O/c1-14(2,3)13-16-10-12(17-13)15-9-11-7-5-4-6-8-11/h4-8,10,15H,9H2,1-3H3. The Labute approximate surface area is 102 Å². The van der Waals surface area contributed by atoms with Crippen LogP contribution in [0.1, 0.15) is 32.2 Å². The van der Waals surface area contributed by atoms with Gasteiger partial charge in [0.25, 0.3) is 0 Å². The molecule has 3 heteroatoms. The van der Waals surface area contributed by atoms with Crippen molar-refractivity contribution in [1.82, 2.24) is 4.98 Å². The highest BCUT2D eigenvalue weighted by Crippen LogP contribution is 2.23. The number of aromatic nitrogens is 1. The van der Waals surface area contributed by atoms with E-state index in [1.165, 1.54) is 5.56 Å². The molecule has 2 aromatic rings. The molecule has 1 N–H and O–H groups in total. The molecule has 0 atom stereocenters. The van der Waals surface area contributed by atoms with Gasteiger partial charge in [-0.15, -0.1) is 0 Å². The minimum absolute atomic E-state index is 0.0489. The number of oxazole rings is 1. The molecule has 90 valence electrons. The van der Waals surface area contributed by atoms with Crippen molar-refractivity contribution in [2.24, 2.45) is 0 Å². The second-order valence-electron chi connectivity index (χ2n) is 5.12. The molecule has 0 spiro atoms. The highest BCUT2D eigenvalue weighted by atomic mass is 16.4. The Hall–Kier alpha value is -1.77.